The lowest BCUT2D eigenvalue weighted by Crippen LogP contribution is -2.22. The van der Waals surface area contributed by atoms with Gasteiger partial charge >= 0.3 is 5.97 Å². The van der Waals surface area contributed by atoms with Crippen LogP contribution in [0.5, 0.6) is 5.75 Å². The topological polar surface area (TPSA) is 75.6 Å². The number of carbonyl (C=O) groups excluding carboxylic acids is 2. The van der Waals surface area contributed by atoms with Crippen molar-refractivity contribution in [3.8, 4) is 5.75 Å². The van der Waals surface area contributed by atoms with Crippen molar-refractivity contribution in [2.75, 3.05) is 11.9 Å². The van der Waals surface area contributed by atoms with Gasteiger partial charge in [0.15, 0.2) is 6.61 Å². The molecule has 0 heterocycles. The van der Waals surface area contributed by atoms with Crippen molar-refractivity contribution in [3.05, 3.63) is 71.3 Å². The largest absolute Gasteiger partial charge is 0.507 e. The summed E-state index contributed by atoms with van der Waals surface area (Å²) >= 11 is 0. The number of aromatic hydroxyl groups is 1. The Labute approximate surface area is 164 Å². The summed E-state index contributed by atoms with van der Waals surface area (Å²) in [6.45, 7) is 3.62. The van der Waals surface area contributed by atoms with E-state index in [0.29, 0.717) is 0 Å². The predicted molar refractivity (Wildman–Crippen MR) is 110 cm³/mol. The van der Waals surface area contributed by atoms with E-state index in [-0.39, 0.29) is 11.3 Å². The van der Waals surface area contributed by atoms with Gasteiger partial charge in [-0.05, 0) is 46.9 Å². The molecule has 0 aliphatic rings. The quantitative estimate of drug-likeness (QED) is 0.622. The molecule has 5 heteroatoms. The minimum absolute atomic E-state index is 0.0368. The summed E-state index contributed by atoms with van der Waals surface area (Å²) in [4.78, 5) is 24.7. The second kappa shape index (κ2) is 8.57. The Morgan fingerprint density at radius 2 is 1.54 bits per heavy atom. The molecule has 0 unspecified atom stereocenters. The van der Waals surface area contributed by atoms with E-state index in [4.69, 9.17) is 4.74 Å². The zero-order chi connectivity index (χ0) is 20.1. The van der Waals surface area contributed by atoms with Crippen LogP contribution in [0.15, 0.2) is 54.6 Å². The zero-order valence-corrected chi connectivity index (χ0v) is 16.0. The van der Waals surface area contributed by atoms with E-state index in [1.54, 1.807) is 6.07 Å². The second-order valence-electron chi connectivity index (χ2n) is 6.50. The maximum atomic E-state index is 12.4. The van der Waals surface area contributed by atoms with Crippen LogP contribution in [0, 0.1) is 0 Å². The van der Waals surface area contributed by atoms with Gasteiger partial charge in [0.05, 0.1) is 0 Å². The number of hydrogen-bond acceptors (Lipinski definition) is 4. The van der Waals surface area contributed by atoms with Gasteiger partial charge in [-0.25, -0.2) is 4.79 Å². The first-order chi connectivity index (χ1) is 13.5. The lowest BCUT2D eigenvalue weighted by atomic mass is 10.0. The molecule has 0 fully saturated rings. The fourth-order valence-electron chi connectivity index (χ4n) is 3.18. The van der Waals surface area contributed by atoms with Crippen molar-refractivity contribution in [2.24, 2.45) is 0 Å². The van der Waals surface area contributed by atoms with Crippen LogP contribution in [0.4, 0.5) is 5.69 Å². The molecule has 2 N–H and O–H groups in total. The smallest absolute Gasteiger partial charge is 0.342 e. The number of amides is 1. The number of esters is 1. The summed E-state index contributed by atoms with van der Waals surface area (Å²) < 4.78 is 5.13. The first kappa shape index (κ1) is 19.4. The summed E-state index contributed by atoms with van der Waals surface area (Å²) in [5.41, 5.74) is 2.88. The van der Waals surface area contributed by atoms with Crippen molar-refractivity contribution >= 4 is 28.3 Å². The molecule has 0 radical (unpaired) electrons. The van der Waals surface area contributed by atoms with E-state index >= 15 is 0 Å². The molecule has 1 amide bonds. The SMILES string of the molecule is CCc1cccc(CC)c1NC(=O)COC(=O)c1cc2ccccc2cc1O. The molecular formula is C23H23NO4. The fraction of sp³-hybridized carbons (Fsp3) is 0.217. The van der Waals surface area contributed by atoms with Gasteiger partial charge in [-0.2, -0.15) is 0 Å². The van der Waals surface area contributed by atoms with Gasteiger partial charge in [-0.1, -0.05) is 56.3 Å². The van der Waals surface area contributed by atoms with Crippen molar-refractivity contribution in [3.63, 3.8) is 0 Å². The van der Waals surface area contributed by atoms with Crippen LogP contribution in [-0.4, -0.2) is 23.6 Å². The fourth-order valence-corrected chi connectivity index (χ4v) is 3.18. The molecule has 3 aromatic rings. The average molecular weight is 377 g/mol. The van der Waals surface area contributed by atoms with E-state index in [1.807, 2.05) is 56.3 Å². The molecule has 3 aromatic carbocycles. The van der Waals surface area contributed by atoms with Crippen molar-refractivity contribution in [1.82, 2.24) is 0 Å². The first-order valence-corrected chi connectivity index (χ1v) is 9.33. The number of hydrogen-bond donors (Lipinski definition) is 2. The molecule has 0 atom stereocenters. The minimum atomic E-state index is -0.738. The van der Waals surface area contributed by atoms with Crippen LogP contribution >= 0.6 is 0 Å². The zero-order valence-electron chi connectivity index (χ0n) is 16.0. The standard InChI is InChI=1S/C23H23NO4/c1-3-15-10-7-11-16(4-2)22(15)24-21(26)14-28-23(27)19-12-17-8-5-6-9-18(17)13-20(19)25/h5-13,25H,3-4,14H2,1-2H3,(H,24,26). The maximum absolute atomic E-state index is 12.4. The van der Waals surface area contributed by atoms with E-state index < -0.39 is 18.5 Å². The van der Waals surface area contributed by atoms with E-state index in [9.17, 15) is 14.7 Å². The number of aryl methyl sites for hydroxylation is 2. The van der Waals surface area contributed by atoms with Crippen LogP contribution in [-0.2, 0) is 22.4 Å². The average Bonchev–Trinajstić information content (AvgIpc) is 2.71. The summed E-state index contributed by atoms with van der Waals surface area (Å²) in [5, 5.41) is 14.6. The van der Waals surface area contributed by atoms with Gasteiger partial charge < -0.3 is 15.2 Å². The Bertz CT molecular complexity index is 1000. The van der Waals surface area contributed by atoms with E-state index in [0.717, 1.165) is 40.4 Å². The van der Waals surface area contributed by atoms with Crippen LogP contribution in [0.2, 0.25) is 0 Å². The molecule has 0 aliphatic carbocycles. The lowest BCUT2D eigenvalue weighted by molar-refractivity contribution is -0.119. The number of phenolic OH excluding ortho intramolecular Hbond substituents is 1. The Morgan fingerprint density at radius 3 is 2.14 bits per heavy atom. The van der Waals surface area contributed by atoms with Crippen LogP contribution in [0.3, 0.4) is 0 Å². The molecule has 0 spiro atoms. The Balaban J connectivity index is 1.70. The number of anilines is 1. The van der Waals surface area contributed by atoms with Crippen LogP contribution in [0.1, 0.15) is 35.3 Å². The Hall–Kier alpha value is -3.34. The second-order valence-corrected chi connectivity index (χ2v) is 6.50. The molecule has 0 saturated carbocycles. The van der Waals surface area contributed by atoms with Crippen LogP contribution in [0.25, 0.3) is 10.8 Å². The van der Waals surface area contributed by atoms with Crippen molar-refractivity contribution in [2.45, 2.75) is 26.7 Å². The highest BCUT2D eigenvalue weighted by molar-refractivity contribution is 6.00. The highest BCUT2D eigenvalue weighted by atomic mass is 16.5. The first-order valence-electron chi connectivity index (χ1n) is 9.33. The van der Waals surface area contributed by atoms with Gasteiger partial charge in [0.25, 0.3) is 5.91 Å². The maximum Gasteiger partial charge on any atom is 0.342 e. The predicted octanol–water partition coefficient (Wildman–Crippen LogP) is 4.47. The number of ether oxygens (including phenoxy) is 1. The number of rotatable bonds is 6. The summed E-state index contributed by atoms with van der Waals surface area (Å²) in [7, 11) is 0. The number of benzene rings is 3. The van der Waals surface area contributed by atoms with Gasteiger partial charge in [-0.15, -0.1) is 0 Å². The third-order valence-electron chi connectivity index (χ3n) is 4.68. The monoisotopic (exact) mass is 377 g/mol. The lowest BCUT2D eigenvalue weighted by Gasteiger charge is -2.14. The normalized spacial score (nSPS) is 10.6. The van der Waals surface area contributed by atoms with Crippen LogP contribution < -0.4 is 5.32 Å². The summed E-state index contributed by atoms with van der Waals surface area (Å²) in [6, 6.07) is 16.3. The molecule has 0 bridgehead atoms. The number of phenols is 1. The Morgan fingerprint density at radius 1 is 0.929 bits per heavy atom. The van der Waals surface area contributed by atoms with E-state index in [1.165, 1.54) is 6.07 Å². The molecule has 28 heavy (non-hydrogen) atoms. The number of para-hydroxylation sites is 1. The molecule has 0 aromatic heterocycles. The van der Waals surface area contributed by atoms with Gasteiger partial charge in [0.2, 0.25) is 0 Å². The highest BCUT2D eigenvalue weighted by Crippen LogP contribution is 2.26. The molecular weight excluding hydrogens is 354 g/mol. The van der Waals surface area contributed by atoms with Gasteiger partial charge in [-0.3, -0.25) is 4.79 Å². The Kier molecular flexibility index (Phi) is 5.94. The number of nitrogens with one attached hydrogen (secondary N) is 1. The number of carbonyl (C=O) groups is 2. The molecule has 3 rings (SSSR count). The number of fused-ring (bicyclic) bond motifs is 1. The molecule has 5 nitrogen and oxygen atoms in total. The van der Waals surface area contributed by atoms with Crippen molar-refractivity contribution < 1.29 is 19.4 Å². The molecule has 0 saturated heterocycles. The van der Waals surface area contributed by atoms with Gasteiger partial charge in [0, 0.05) is 5.69 Å². The van der Waals surface area contributed by atoms with Gasteiger partial charge in [0.1, 0.15) is 11.3 Å². The summed E-state index contributed by atoms with van der Waals surface area (Å²) in [6.07, 6.45) is 1.57. The molecule has 144 valence electrons. The van der Waals surface area contributed by atoms with Crippen molar-refractivity contribution in [1.29, 1.82) is 0 Å². The third-order valence-corrected chi connectivity index (χ3v) is 4.68. The molecule has 0 aliphatic heterocycles. The third kappa shape index (κ3) is 4.14. The van der Waals surface area contributed by atoms with E-state index in [2.05, 4.69) is 5.32 Å². The highest BCUT2D eigenvalue weighted by Gasteiger charge is 2.17. The minimum Gasteiger partial charge on any atom is -0.507 e. The summed E-state index contributed by atoms with van der Waals surface area (Å²) in [5.74, 6) is -1.32.